The molecule has 0 saturated heterocycles. The second kappa shape index (κ2) is 10.9. The van der Waals surface area contributed by atoms with Crippen LogP contribution < -0.4 is 5.73 Å². The molecule has 0 unspecified atom stereocenters. The molecule has 0 fully saturated rings. The number of carbonyl (C=O) groups excluding carboxylic acids is 2. The lowest BCUT2D eigenvalue weighted by Gasteiger charge is -1.91. The fourth-order valence-corrected chi connectivity index (χ4v) is 0.296. The van der Waals surface area contributed by atoms with E-state index in [1.807, 2.05) is 0 Å². The Balaban J connectivity index is 0. The number of hydrogen-bond donors (Lipinski definition) is 1. The van der Waals surface area contributed by atoms with E-state index in [0.717, 1.165) is 18.2 Å². The maximum atomic E-state index is 10.3. The molecule has 5 nitrogen and oxygen atoms in total. The molecule has 0 spiro atoms. The van der Waals surface area contributed by atoms with E-state index in [9.17, 15) is 9.59 Å². The van der Waals surface area contributed by atoms with Gasteiger partial charge in [-0.1, -0.05) is 6.58 Å². The Morgan fingerprint density at radius 1 is 1.64 bits per heavy atom. The maximum absolute atomic E-state index is 10.3. The number of allylic oxidation sites excluding steroid dienone is 1. The number of amides is 1. The molecule has 0 aromatic rings. The smallest absolute Gasteiger partial charge is 0.331 e. The molecule has 76 valence electrons. The molecule has 0 radical (unpaired) electrons. The van der Waals surface area contributed by atoms with Gasteiger partial charge in [-0.25, -0.2) is 4.79 Å². The molecular formula is C9H12N2O3. The topological polar surface area (TPSA) is 93.2 Å². The number of esters is 1. The Hall–Kier alpha value is -2.09. The van der Waals surface area contributed by atoms with Gasteiger partial charge in [-0.15, -0.1) is 0 Å². The third-order valence-corrected chi connectivity index (χ3v) is 0.782. The number of nitrogens with two attached hydrogens (primary N) is 1. The molecule has 0 saturated carbocycles. The van der Waals surface area contributed by atoms with Crippen LogP contribution in [0.5, 0.6) is 0 Å². The average molecular weight is 196 g/mol. The lowest BCUT2D eigenvalue weighted by molar-refractivity contribution is -0.137. The fourth-order valence-electron chi connectivity index (χ4n) is 0.296. The number of carbonyl (C=O) groups is 2. The fraction of sp³-hybridized carbons (Fsp3) is 0.222. The van der Waals surface area contributed by atoms with Crippen molar-refractivity contribution < 1.29 is 14.3 Å². The summed E-state index contributed by atoms with van der Waals surface area (Å²) < 4.78 is 4.47. The quantitative estimate of drug-likeness (QED) is 0.398. The zero-order chi connectivity index (χ0) is 11.4. The SMILES string of the molecule is C=CC(N)=O.CCOC(=O)C=CC#N. The van der Waals surface area contributed by atoms with Gasteiger partial charge in [0.05, 0.1) is 12.7 Å². The van der Waals surface area contributed by atoms with Crippen LogP contribution in [0.2, 0.25) is 0 Å². The van der Waals surface area contributed by atoms with Gasteiger partial charge in [0.1, 0.15) is 0 Å². The Morgan fingerprint density at radius 3 is 2.43 bits per heavy atom. The minimum Gasteiger partial charge on any atom is -0.463 e. The number of primary amides is 1. The van der Waals surface area contributed by atoms with E-state index in [4.69, 9.17) is 5.26 Å². The van der Waals surface area contributed by atoms with Crippen molar-refractivity contribution in [1.82, 2.24) is 0 Å². The summed E-state index contributed by atoms with van der Waals surface area (Å²) in [5.74, 6) is -0.955. The molecule has 0 bridgehead atoms. The van der Waals surface area contributed by atoms with Gasteiger partial charge in [-0.2, -0.15) is 5.26 Å². The maximum Gasteiger partial charge on any atom is 0.331 e. The molecule has 2 N–H and O–H groups in total. The molecule has 14 heavy (non-hydrogen) atoms. The van der Waals surface area contributed by atoms with Crippen LogP contribution in [-0.4, -0.2) is 18.5 Å². The molecule has 0 aromatic heterocycles. The summed E-state index contributed by atoms with van der Waals surface area (Å²) >= 11 is 0. The highest BCUT2D eigenvalue weighted by atomic mass is 16.5. The number of hydrogen-bond acceptors (Lipinski definition) is 4. The molecule has 0 aliphatic rings. The average Bonchev–Trinajstić information content (AvgIpc) is 2.16. The summed E-state index contributed by atoms with van der Waals surface area (Å²) in [4.78, 5) is 19.8. The summed E-state index contributed by atoms with van der Waals surface area (Å²) in [6, 6.07) is 1.68. The largest absolute Gasteiger partial charge is 0.463 e. The van der Waals surface area contributed by atoms with E-state index in [1.54, 1.807) is 13.0 Å². The Bertz CT molecular complexity index is 264. The molecule has 0 aliphatic carbocycles. The van der Waals surface area contributed by atoms with Crippen molar-refractivity contribution in [2.24, 2.45) is 5.73 Å². The normalized spacial score (nSPS) is 8.00. The van der Waals surface area contributed by atoms with Gasteiger partial charge in [-0.05, 0) is 13.0 Å². The van der Waals surface area contributed by atoms with Crippen LogP contribution >= 0.6 is 0 Å². The number of rotatable bonds is 3. The van der Waals surface area contributed by atoms with Gasteiger partial charge in [0.2, 0.25) is 5.91 Å². The molecule has 1 amide bonds. The highest BCUT2D eigenvalue weighted by molar-refractivity contribution is 5.85. The third-order valence-electron chi connectivity index (χ3n) is 0.782. The van der Waals surface area contributed by atoms with Gasteiger partial charge < -0.3 is 10.5 Å². The van der Waals surface area contributed by atoms with Crippen LogP contribution in [0.4, 0.5) is 0 Å². The van der Waals surface area contributed by atoms with Crippen molar-refractivity contribution >= 4 is 11.9 Å². The van der Waals surface area contributed by atoms with Crippen molar-refractivity contribution in [2.45, 2.75) is 6.92 Å². The lowest BCUT2D eigenvalue weighted by Crippen LogP contribution is -2.04. The summed E-state index contributed by atoms with van der Waals surface area (Å²) in [6.07, 6.45) is 3.22. The van der Waals surface area contributed by atoms with E-state index >= 15 is 0 Å². The number of nitriles is 1. The van der Waals surface area contributed by atoms with Crippen LogP contribution in [0.3, 0.4) is 0 Å². The van der Waals surface area contributed by atoms with Crippen molar-refractivity contribution in [3.63, 3.8) is 0 Å². The molecule has 0 aromatic carbocycles. The van der Waals surface area contributed by atoms with E-state index in [2.05, 4.69) is 17.0 Å². The molecular weight excluding hydrogens is 184 g/mol. The van der Waals surface area contributed by atoms with E-state index in [1.165, 1.54) is 0 Å². The predicted octanol–water partition coefficient (Wildman–Crippen LogP) is 0.287. The molecule has 0 heterocycles. The highest BCUT2D eigenvalue weighted by Crippen LogP contribution is 1.78. The Kier molecular flexibility index (Phi) is 11.2. The lowest BCUT2D eigenvalue weighted by atomic mass is 10.5. The second-order valence-corrected chi connectivity index (χ2v) is 1.82. The number of ether oxygens (including phenoxy) is 1. The monoisotopic (exact) mass is 196 g/mol. The zero-order valence-corrected chi connectivity index (χ0v) is 7.90. The standard InChI is InChI=1S/C6H7NO2.C3H5NO/c1-2-9-6(8)4-3-5-7;1-2-3(4)5/h3-4H,2H2,1H3;2H,1H2,(H2,4,5). The van der Waals surface area contributed by atoms with Gasteiger partial charge >= 0.3 is 5.97 Å². The van der Waals surface area contributed by atoms with Crippen molar-refractivity contribution in [3.8, 4) is 6.07 Å². The van der Waals surface area contributed by atoms with E-state index < -0.39 is 11.9 Å². The second-order valence-electron chi connectivity index (χ2n) is 1.82. The zero-order valence-electron chi connectivity index (χ0n) is 7.90. The van der Waals surface area contributed by atoms with Crippen LogP contribution in [0.1, 0.15) is 6.92 Å². The first-order chi connectivity index (χ1) is 6.58. The van der Waals surface area contributed by atoms with Gasteiger partial charge in [0, 0.05) is 12.2 Å². The molecule has 0 aliphatic heterocycles. The van der Waals surface area contributed by atoms with Gasteiger partial charge in [-0.3, -0.25) is 4.79 Å². The van der Waals surface area contributed by atoms with Crippen molar-refractivity contribution in [1.29, 1.82) is 5.26 Å². The van der Waals surface area contributed by atoms with Gasteiger partial charge in [0.25, 0.3) is 0 Å². The first kappa shape index (κ1) is 14.4. The van der Waals surface area contributed by atoms with Crippen LogP contribution in [0.15, 0.2) is 24.8 Å². The highest BCUT2D eigenvalue weighted by Gasteiger charge is 1.89. The minimum absolute atomic E-state index is 0.342. The molecule has 5 heteroatoms. The van der Waals surface area contributed by atoms with Crippen molar-refractivity contribution in [3.05, 3.63) is 24.8 Å². The third kappa shape index (κ3) is 16.5. The van der Waals surface area contributed by atoms with Crippen LogP contribution in [0, 0.1) is 11.3 Å². The van der Waals surface area contributed by atoms with Crippen molar-refractivity contribution in [2.75, 3.05) is 6.61 Å². The Labute approximate surface area is 82.5 Å². The van der Waals surface area contributed by atoms with Crippen LogP contribution in [0.25, 0.3) is 0 Å². The predicted molar refractivity (Wildman–Crippen MR) is 50.8 cm³/mol. The summed E-state index contributed by atoms with van der Waals surface area (Å²) in [5.41, 5.74) is 4.53. The van der Waals surface area contributed by atoms with Crippen LogP contribution in [-0.2, 0) is 14.3 Å². The first-order valence-corrected chi connectivity index (χ1v) is 3.73. The Morgan fingerprint density at radius 2 is 2.14 bits per heavy atom. The molecule has 0 rings (SSSR count). The van der Waals surface area contributed by atoms with E-state index in [-0.39, 0.29) is 0 Å². The summed E-state index contributed by atoms with van der Waals surface area (Å²) in [7, 11) is 0. The minimum atomic E-state index is -0.481. The summed E-state index contributed by atoms with van der Waals surface area (Å²) in [5, 5.41) is 7.94. The van der Waals surface area contributed by atoms with Gasteiger partial charge in [0.15, 0.2) is 0 Å². The number of nitrogens with zero attached hydrogens (tertiary/aromatic N) is 1. The first-order valence-electron chi connectivity index (χ1n) is 3.73. The summed E-state index contributed by atoms with van der Waals surface area (Å²) in [6.45, 7) is 5.13. The molecule has 0 atom stereocenters. The van der Waals surface area contributed by atoms with E-state index in [0.29, 0.717) is 6.61 Å².